The lowest BCUT2D eigenvalue weighted by molar-refractivity contribution is 0.106. The minimum Gasteiger partial charge on any atom is -0.381 e. The van der Waals surface area contributed by atoms with Crippen molar-refractivity contribution in [1.29, 1.82) is 0 Å². The van der Waals surface area contributed by atoms with Crippen molar-refractivity contribution in [3.63, 3.8) is 0 Å². The summed E-state index contributed by atoms with van der Waals surface area (Å²) in [7, 11) is 0. The van der Waals surface area contributed by atoms with Gasteiger partial charge in [0.2, 0.25) is 0 Å². The Balaban J connectivity index is 2.80. The highest BCUT2D eigenvalue weighted by Gasteiger charge is 1.92. The summed E-state index contributed by atoms with van der Waals surface area (Å²) in [6.07, 6.45) is 3.49. The maximum atomic E-state index is 5.40. The van der Waals surface area contributed by atoms with Crippen molar-refractivity contribution in [1.82, 2.24) is 0 Å². The van der Waals surface area contributed by atoms with Crippen molar-refractivity contribution < 1.29 is 4.74 Å². The molecule has 2 nitrogen and oxygen atoms in total. The summed E-state index contributed by atoms with van der Waals surface area (Å²) in [5, 5.41) is 0. The third kappa shape index (κ3) is 9.92. The lowest BCUT2D eigenvalue weighted by atomic mass is 10.2. The molecule has 0 aromatic heterocycles. The molecule has 0 unspecified atom stereocenters. The van der Waals surface area contributed by atoms with E-state index in [0.29, 0.717) is 5.92 Å². The van der Waals surface area contributed by atoms with Gasteiger partial charge in [-0.25, -0.2) is 0 Å². The number of nitrogens with two attached hydrogens (primary N) is 1. The summed E-state index contributed by atoms with van der Waals surface area (Å²) in [6, 6.07) is 0. The van der Waals surface area contributed by atoms with Gasteiger partial charge in [0.15, 0.2) is 0 Å². The van der Waals surface area contributed by atoms with Crippen LogP contribution in [0.15, 0.2) is 0 Å². The van der Waals surface area contributed by atoms with Crippen LogP contribution >= 0.6 is 0 Å². The van der Waals surface area contributed by atoms with E-state index in [0.717, 1.165) is 32.6 Å². The van der Waals surface area contributed by atoms with Crippen molar-refractivity contribution >= 4 is 0 Å². The second kappa shape index (κ2) is 8.02. The zero-order chi connectivity index (χ0) is 8.53. The van der Waals surface area contributed by atoms with Gasteiger partial charge in [-0.15, -0.1) is 0 Å². The van der Waals surface area contributed by atoms with Crippen molar-refractivity contribution in [3.8, 4) is 0 Å². The highest BCUT2D eigenvalue weighted by molar-refractivity contribution is 4.43. The zero-order valence-electron chi connectivity index (χ0n) is 7.81. The molecular weight excluding hydrogens is 138 g/mol. The monoisotopic (exact) mass is 159 g/mol. The fourth-order valence-corrected chi connectivity index (χ4v) is 0.844. The largest absolute Gasteiger partial charge is 0.381 e. The van der Waals surface area contributed by atoms with Crippen LogP contribution in [0.1, 0.15) is 33.1 Å². The van der Waals surface area contributed by atoms with Crippen LogP contribution in [0.2, 0.25) is 0 Å². The summed E-state index contributed by atoms with van der Waals surface area (Å²) in [5.41, 5.74) is 5.35. The van der Waals surface area contributed by atoms with Gasteiger partial charge in [0.1, 0.15) is 0 Å². The molecule has 0 aliphatic heterocycles. The summed E-state index contributed by atoms with van der Waals surface area (Å²) < 4.78 is 5.40. The van der Waals surface area contributed by atoms with Crippen LogP contribution in [0.5, 0.6) is 0 Å². The first-order chi connectivity index (χ1) is 5.27. The van der Waals surface area contributed by atoms with Crippen LogP contribution in [0.3, 0.4) is 0 Å². The van der Waals surface area contributed by atoms with Crippen molar-refractivity contribution in [2.45, 2.75) is 33.1 Å². The summed E-state index contributed by atoms with van der Waals surface area (Å²) in [5.74, 6) is 0.657. The Labute approximate surface area is 70.1 Å². The molecule has 11 heavy (non-hydrogen) atoms. The normalized spacial score (nSPS) is 10.9. The van der Waals surface area contributed by atoms with Crippen LogP contribution in [-0.2, 0) is 4.74 Å². The summed E-state index contributed by atoms with van der Waals surface area (Å²) in [4.78, 5) is 0. The van der Waals surface area contributed by atoms with E-state index in [2.05, 4.69) is 13.8 Å². The van der Waals surface area contributed by atoms with Crippen LogP contribution < -0.4 is 5.73 Å². The maximum Gasteiger partial charge on any atom is 0.0488 e. The number of hydrogen-bond donors (Lipinski definition) is 1. The van der Waals surface area contributed by atoms with Gasteiger partial charge in [-0.2, -0.15) is 0 Å². The molecule has 0 saturated carbocycles. The lowest BCUT2D eigenvalue weighted by Crippen LogP contribution is -2.04. The molecule has 0 aliphatic carbocycles. The molecule has 2 N–H and O–H groups in total. The van der Waals surface area contributed by atoms with Gasteiger partial charge < -0.3 is 10.5 Å². The molecule has 0 aromatic rings. The maximum absolute atomic E-state index is 5.40. The molecule has 0 fully saturated rings. The number of ether oxygens (including phenoxy) is 1. The molecule has 0 rings (SSSR count). The van der Waals surface area contributed by atoms with Gasteiger partial charge in [0.05, 0.1) is 0 Å². The highest BCUT2D eigenvalue weighted by atomic mass is 16.5. The van der Waals surface area contributed by atoms with E-state index in [1.807, 2.05) is 0 Å². The first kappa shape index (κ1) is 10.9. The van der Waals surface area contributed by atoms with Gasteiger partial charge in [-0.1, -0.05) is 13.8 Å². The van der Waals surface area contributed by atoms with Crippen LogP contribution in [0.25, 0.3) is 0 Å². The Morgan fingerprint density at radius 1 is 1.18 bits per heavy atom. The van der Waals surface area contributed by atoms with Crippen LogP contribution in [-0.4, -0.2) is 19.8 Å². The van der Waals surface area contributed by atoms with E-state index in [-0.39, 0.29) is 0 Å². The third-order valence-corrected chi connectivity index (χ3v) is 1.44. The fourth-order valence-electron chi connectivity index (χ4n) is 0.844. The molecule has 0 amide bonds. The molecule has 0 radical (unpaired) electrons. The molecule has 0 heterocycles. The minimum absolute atomic E-state index is 0.657. The lowest BCUT2D eigenvalue weighted by Gasteiger charge is -2.05. The summed E-state index contributed by atoms with van der Waals surface area (Å²) >= 11 is 0. The average Bonchev–Trinajstić information content (AvgIpc) is 1.96. The van der Waals surface area contributed by atoms with Crippen molar-refractivity contribution in [3.05, 3.63) is 0 Å². The second-order valence-corrected chi connectivity index (χ2v) is 3.32. The fraction of sp³-hybridized carbons (Fsp3) is 1.00. The minimum atomic E-state index is 0.657. The van der Waals surface area contributed by atoms with E-state index in [1.165, 1.54) is 6.42 Å². The Morgan fingerprint density at radius 2 is 1.91 bits per heavy atom. The Morgan fingerprint density at radius 3 is 2.45 bits per heavy atom. The molecule has 0 saturated heterocycles. The molecule has 2 heteroatoms. The van der Waals surface area contributed by atoms with E-state index in [1.54, 1.807) is 0 Å². The smallest absolute Gasteiger partial charge is 0.0488 e. The van der Waals surface area contributed by atoms with Gasteiger partial charge >= 0.3 is 0 Å². The number of rotatable bonds is 7. The molecule has 68 valence electrons. The molecule has 0 spiro atoms. The van der Waals surface area contributed by atoms with Crippen LogP contribution in [0.4, 0.5) is 0 Å². The van der Waals surface area contributed by atoms with Gasteiger partial charge in [0, 0.05) is 13.2 Å². The molecule has 0 aromatic carbocycles. The van der Waals surface area contributed by atoms with Gasteiger partial charge in [-0.05, 0) is 31.7 Å². The zero-order valence-corrected chi connectivity index (χ0v) is 7.81. The number of unbranched alkanes of at least 4 members (excludes halogenated alkanes) is 2. The predicted molar refractivity (Wildman–Crippen MR) is 48.6 cm³/mol. The SMILES string of the molecule is CC(C)COCCCCCN. The van der Waals surface area contributed by atoms with E-state index >= 15 is 0 Å². The second-order valence-electron chi connectivity index (χ2n) is 3.32. The summed E-state index contributed by atoms with van der Waals surface area (Å²) in [6.45, 7) is 6.94. The first-order valence-corrected chi connectivity index (χ1v) is 4.55. The topological polar surface area (TPSA) is 35.2 Å². The average molecular weight is 159 g/mol. The Hall–Kier alpha value is -0.0800. The molecule has 0 aliphatic rings. The molecule has 0 bridgehead atoms. The predicted octanol–water partition coefficient (Wildman–Crippen LogP) is 1.79. The van der Waals surface area contributed by atoms with E-state index in [4.69, 9.17) is 10.5 Å². The van der Waals surface area contributed by atoms with Crippen molar-refractivity contribution in [2.24, 2.45) is 11.7 Å². The Kier molecular flexibility index (Phi) is 7.96. The first-order valence-electron chi connectivity index (χ1n) is 4.55. The highest BCUT2D eigenvalue weighted by Crippen LogP contribution is 1.97. The molecule has 0 atom stereocenters. The third-order valence-electron chi connectivity index (χ3n) is 1.44. The van der Waals surface area contributed by atoms with Crippen LogP contribution in [0, 0.1) is 5.92 Å². The standard InChI is InChI=1S/C9H21NO/c1-9(2)8-11-7-5-3-4-6-10/h9H,3-8,10H2,1-2H3. The number of hydrogen-bond acceptors (Lipinski definition) is 2. The van der Waals surface area contributed by atoms with Gasteiger partial charge in [-0.3, -0.25) is 0 Å². The van der Waals surface area contributed by atoms with E-state index < -0.39 is 0 Å². The van der Waals surface area contributed by atoms with Gasteiger partial charge in [0.25, 0.3) is 0 Å². The van der Waals surface area contributed by atoms with E-state index in [9.17, 15) is 0 Å². The quantitative estimate of drug-likeness (QED) is 0.575. The Bertz CT molecular complexity index is 74.0. The molecular formula is C9H21NO. The van der Waals surface area contributed by atoms with Crippen molar-refractivity contribution in [2.75, 3.05) is 19.8 Å².